The maximum atomic E-state index is 6.65. The number of fused-ring (bicyclic) bond motifs is 13. The van der Waals surface area contributed by atoms with Gasteiger partial charge in [0.1, 0.15) is 0 Å². The molecule has 1 unspecified atom stereocenters. The molecule has 6 heteroatoms. The zero-order valence-electron chi connectivity index (χ0n) is 23.2. The predicted octanol–water partition coefficient (Wildman–Crippen LogP) is 11.0. The van der Waals surface area contributed by atoms with Crippen molar-refractivity contribution in [2.24, 2.45) is 4.99 Å². The van der Waals surface area contributed by atoms with Gasteiger partial charge in [0.2, 0.25) is 0 Å². The average molecular weight is 620 g/mol. The summed E-state index contributed by atoms with van der Waals surface area (Å²) in [6.07, 6.45) is 0. The summed E-state index contributed by atoms with van der Waals surface area (Å²) in [6.45, 7) is 0. The summed E-state index contributed by atoms with van der Waals surface area (Å²) in [6, 6.07) is 43.8. The van der Waals surface area contributed by atoms with E-state index in [1.165, 1.54) is 68.1 Å². The number of nitrogens with one attached hydrogen (secondary N) is 1. The molecule has 0 radical (unpaired) electrons. The largest absolute Gasteiger partial charge is 0.349 e. The molecule has 0 bridgehead atoms. The minimum Gasteiger partial charge on any atom is -0.349 e. The van der Waals surface area contributed by atoms with Crippen molar-refractivity contribution in [3.63, 3.8) is 0 Å². The second-order valence-electron chi connectivity index (χ2n) is 11.3. The molecule has 0 aliphatic carbocycles. The number of thioether (sulfide) groups is 1. The van der Waals surface area contributed by atoms with Crippen molar-refractivity contribution in [3.05, 3.63) is 137 Å². The van der Waals surface area contributed by atoms with Crippen LogP contribution in [-0.4, -0.2) is 9.86 Å². The molecule has 0 amide bonds. The summed E-state index contributed by atoms with van der Waals surface area (Å²) in [5, 5.41) is 11.6. The first-order valence-electron chi connectivity index (χ1n) is 14.6. The lowest BCUT2D eigenvalue weighted by atomic mass is 9.99. The van der Waals surface area contributed by atoms with Crippen LogP contribution in [0.2, 0.25) is 0 Å². The second kappa shape index (κ2) is 9.23. The van der Waals surface area contributed by atoms with Gasteiger partial charge in [0.05, 0.1) is 22.8 Å². The molecule has 0 saturated carbocycles. The Balaban J connectivity index is 1.31. The standard InChI is InChI=1S/C38H22ClN3S2/c39-38-40-33(37-34(41-38)27-16-5-8-19-30(27)44-37)21-10-9-11-22(20-21)42-28-17-6-3-14-25(28)31-23-12-1-2-13-24(23)36-32(35(31)42)26-15-4-7-18-29(26)43-36/h1-20,34H,(H,40,41). The smallest absolute Gasteiger partial charge is 0.197 e. The van der Waals surface area contributed by atoms with E-state index >= 15 is 0 Å². The quantitative estimate of drug-likeness (QED) is 0.195. The molecule has 0 saturated heterocycles. The molecule has 8 aromatic rings. The van der Waals surface area contributed by atoms with E-state index in [9.17, 15) is 0 Å². The van der Waals surface area contributed by atoms with Gasteiger partial charge < -0.3 is 9.88 Å². The van der Waals surface area contributed by atoms with E-state index in [4.69, 9.17) is 16.6 Å². The van der Waals surface area contributed by atoms with Crippen LogP contribution in [-0.2, 0) is 0 Å². The summed E-state index contributed by atoms with van der Waals surface area (Å²) >= 11 is 10.3. The van der Waals surface area contributed by atoms with Crippen molar-refractivity contribution in [1.82, 2.24) is 9.88 Å². The summed E-state index contributed by atoms with van der Waals surface area (Å²) in [7, 11) is 0. The highest BCUT2D eigenvalue weighted by Gasteiger charge is 2.34. The first-order valence-corrected chi connectivity index (χ1v) is 16.6. The Labute approximate surface area is 266 Å². The topological polar surface area (TPSA) is 29.3 Å². The van der Waals surface area contributed by atoms with Crippen LogP contribution in [0.25, 0.3) is 64.1 Å². The Morgan fingerprint density at radius 2 is 1.45 bits per heavy atom. The van der Waals surface area contributed by atoms with Crippen LogP contribution in [0.15, 0.2) is 136 Å². The third kappa shape index (κ3) is 3.37. The summed E-state index contributed by atoms with van der Waals surface area (Å²) in [5.74, 6) is 0. The normalized spacial score (nSPS) is 16.2. The van der Waals surface area contributed by atoms with Gasteiger partial charge in [-0.1, -0.05) is 103 Å². The Hall–Kier alpha value is -4.55. The SMILES string of the molecule is ClC1=NC(c2cccc(-n3c4ccccc4c4c5ccccc5c5sc6ccccc6c5c43)c2)=C2Sc3ccccc3C2N1. The highest BCUT2D eigenvalue weighted by Crippen LogP contribution is 2.52. The lowest BCUT2D eigenvalue weighted by Gasteiger charge is -2.22. The molecule has 0 fully saturated rings. The molecule has 1 atom stereocenters. The van der Waals surface area contributed by atoms with Gasteiger partial charge >= 0.3 is 0 Å². The van der Waals surface area contributed by atoms with Crippen LogP contribution in [0, 0.1) is 0 Å². The maximum absolute atomic E-state index is 6.65. The number of para-hydroxylation sites is 1. The fraction of sp³-hybridized carbons (Fsp3) is 0.0263. The Morgan fingerprint density at radius 1 is 0.705 bits per heavy atom. The molecule has 2 aromatic heterocycles. The first kappa shape index (κ1) is 24.8. The number of amidine groups is 1. The number of halogens is 1. The van der Waals surface area contributed by atoms with Crippen LogP contribution in [0.3, 0.4) is 0 Å². The number of nitrogens with zero attached hydrogens (tertiary/aromatic N) is 2. The van der Waals surface area contributed by atoms with E-state index in [0.717, 1.165) is 16.9 Å². The Morgan fingerprint density at radius 3 is 2.36 bits per heavy atom. The average Bonchev–Trinajstić information content (AvgIpc) is 3.74. The zero-order valence-corrected chi connectivity index (χ0v) is 25.6. The third-order valence-corrected chi connectivity index (χ3v) is 11.6. The number of thiophene rings is 1. The van der Waals surface area contributed by atoms with Gasteiger partial charge in [-0.2, -0.15) is 0 Å². The Bertz CT molecular complexity index is 2590. The molecule has 10 rings (SSSR count). The first-order chi connectivity index (χ1) is 21.7. The van der Waals surface area contributed by atoms with Crippen LogP contribution in [0.5, 0.6) is 0 Å². The van der Waals surface area contributed by atoms with E-state index in [1.54, 1.807) is 11.8 Å². The van der Waals surface area contributed by atoms with Gasteiger partial charge in [0.15, 0.2) is 5.29 Å². The third-order valence-electron chi connectivity index (χ3n) is 8.94. The van der Waals surface area contributed by atoms with Crippen LogP contribution < -0.4 is 5.32 Å². The van der Waals surface area contributed by atoms with Crippen LogP contribution in [0.1, 0.15) is 17.2 Å². The van der Waals surface area contributed by atoms with Crippen molar-refractivity contribution in [2.75, 3.05) is 0 Å². The second-order valence-corrected chi connectivity index (χ2v) is 13.8. The number of rotatable bonds is 2. The highest BCUT2D eigenvalue weighted by atomic mass is 35.5. The van der Waals surface area contributed by atoms with E-state index in [-0.39, 0.29) is 6.04 Å². The van der Waals surface area contributed by atoms with Gasteiger partial charge in [-0.25, -0.2) is 4.99 Å². The van der Waals surface area contributed by atoms with Gasteiger partial charge in [-0.15, -0.1) is 11.3 Å². The minimum absolute atomic E-state index is 0.0104. The molecule has 1 N–H and O–H groups in total. The molecule has 44 heavy (non-hydrogen) atoms. The van der Waals surface area contributed by atoms with Gasteiger partial charge in [-0.05, 0) is 52.9 Å². The number of hydrogen-bond acceptors (Lipinski definition) is 4. The lowest BCUT2D eigenvalue weighted by Crippen LogP contribution is -2.27. The van der Waals surface area contributed by atoms with E-state index in [0.29, 0.717) is 5.29 Å². The fourth-order valence-corrected chi connectivity index (χ4v) is 9.84. The molecule has 208 valence electrons. The van der Waals surface area contributed by atoms with Gasteiger partial charge in [0, 0.05) is 57.4 Å². The highest BCUT2D eigenvalue weighted by molar-refractivity contribution is 8.03. The summed E-state index contributed by atoms with van der Waals surface area (Å²) in [4.78, 5) is 7.30. The molecule has 3 nitrogen and oxygen atoms in total. The molecular formula is C38H22ClN3S2. The number of aliphatic imine (C=N–C) groups is 1. The van der Waals surface area contributed by atoms with E-state index in [1.807, 2.05) is 11.3 Å². The number of aromatic nitrogens is 1. The number of hydrogen-bond donors (Lipinski definition) is 1. The summed E-state index contributed by atoms with van der Waals surface area (Å²) < 4.78 is 5.10. The van der Waals surface area contributed by atoms with Crippen LogP contribution >= 0.6 is 34.7 Å². The van der Waals surface area contributed by atoms with Gasteiger partial charge in [0.25, 0.3) is 0 Å². The van der Waals surface area contributed by atoms with Crippen molar-refractivity contribution < 1.29 is 0 Å². The zero-order chi connectivity index (χ0) is 28.9. The van der Waals surface area contributed by atoms with E-state index < -0.39 is 0 Å². The number of benzene rings is 6. The lowest BCUT2D eigenvalue weighted by molar-refractivity contribution is 0.775. The fourth-order valence-electron chi connectivity index (χ4n) is 7.15. The van der Waals surface area contributed by atoms with Crippen molar-refractivity contribution in [1.29, 1.82) is 0 Å². The summed E-state index contributed by atoms with van der Waals surface area (Å²) in [5.41, 5.74) is 6.78. The van der Waals surface area contributed by atoms with Crippen molar-refractivity contribution in [2.45, 2.75) is 10.9 Å². The van der Waals surface area contributed by atoms with Crippen molar-refractivity contribution >= 4 is 98.4 Å². The van der Waals surface area contributed by atoms with Crippen LogP contribution in [0.4, 0.5) is 0 Å². The predicted molar refractivity (Wildman–Crippen MR) is 190 cm³/mol. The Kier molecular flexibility index (Phi) is 5.21. The molecule has 6 aromatic carbocycles. The maximum Gasteiger partial charge on any atom is 0.197 e. The van der Waals surface area contributed by atoms with Gasteiger partial charge in [-0.3, -0.25) is 0 Å². The van der Waals surface area contributed by atoms with E-state index in [2.05, 4.69) is 131 Å². The minimum atomic E-state index is 0.0104. The molecular weight excluding hydrogens is 598 g/mol. The molecule has 0 spiro atoms. The molecule has 2 aliphatic rings. The monoisotopic (exact) mass is 619 g/mol. The molecule has 4 heterocycles. The van der Waals surface area contributed by atoms with Crippen molar-refractivity contribution in [3.8, 4) is 5.69 Å². The molecule has 2 aliphatic heterocycles.